The number of aliphatic hydroxyl groups excluding tert-OH is 3. The van der Waals surface area contributed by atoms with Gasteiger partial charge in [0.25, 0.3) is 0 Å². The van der Waals surface area contributed by atoms with Gasteiger partial charge >= 0.3 is 0 Å². The molecule has 0 aromatic heterocycles. The molecule has 0 aliphatic heterocycles. The Balaban J connectivity index is 1.84. The van der Waals surface area contributed by atoms with Crippen LogP contribution in [0.3, 0.4) is 0 Å². The van der Waals surface area contributed by atoms with Crippen LogP contribution in [0.1, 0.15) is 5.56 Å². The number of aliphatic hydroxyl groups is 3. The third kappa shape index (κ3) is 16.0. The Kier molecular flexibility index (Phi) is 20.7. The van der Waals surface area contributed by atoms with Gasteiger partial charge in [0.05, 0.1) is 99.1 Å². The summed E-state index contributed by atoms with van der Waals surface area (Å²) >= 11 is 0. The largest absolute Gasteiger partial charge is 0.491 e. The topological polar surface area (TPSA) is 135 Å². The van der Waals surface area contributed by atoms with Gasteiger partial charge in [-0.25, -0.2) is 0 Å². The number of ether oxygens (including phenoxy) is 8. The van der Waals surface area contributed by atoms with Gasteiger partial charge in [0.2, 0.25) is 0 Å². The lowest BCUT2D eigenvalue weighted by molar-refractivity contribution is 0.00356. The highest BCUT2D eigenvalue weighted by atomic mass is 16.6. The number of rotatable bonds is 27. The zero-order chi connectivity index (χ0) is 29.2. The Bertz CT molecular complexity index is 879. The Hall–Kier alpha value is -2.32. The summed E-state index contributed by atoms with van der Waals surface area (Å²) in [7, 11) is 0. The minimum atomic E-state index is -0.0299. The van der Waals surface area contributed by atoms with Crippen molar-refractivity contribution in [2.45, 2.75) is 6.42 Å². The Morgan fingerprint density at radius 1 is 0.488 bits per heavy atom. The molecule has 0 aliphatic carbocycles. The second-order valence-corrected chi connectivity index (χ2v) is 8.51. The quantitative estimate of drug-likeness (QED) is 0.133. The Morgan fingerprint density at radius 3 is 1.49 bits per heavy atom. The molecule has 0 saturated carbocycles. The van der Waals surface area contributed by atoms with Crippen LogP contribution >= 0.6 is 0 Å². The summed E-state index contributed by atoms with van der Waals surface area (Å²) in [4.78, 5) is 0. The minimum Gasteiger partial charge on any atom is -0.491 e. The molecular weight excluding hydrogens is 536 g/mol. The summed E-state index contributed by atoms with van der Waals surface area (Å²) in [5.74, 6) is 1.46. The van der Waals surface area contributed by atoms with Gasteiger partial charge in [-0.05, 0) is 35.4 Å². The molecule has 0 heterocycles. The first-order valence-electron chi connectivity index (χ1n) is 14.0. The van der Waals surface area contributed by atoms with E-state index in [0.717, 1.165) is 28.2 Å². The van der Waals surface area contributed by atoms with E-state index in [2.05, 4.69) is 6.07 Å². The first-order chi connectivity index (χ1) is 20.3. The van der Waals surface area contributed by atoms with Crippen molar-refractivity contribution in [1.29, 1.82) is 0 Å². The van der Waals surface area contributed by atoms with E-state index in [1.807, 2.05) is 36.4 Å². The molecule has 11 heteroatoms. The molecule has 231 valence electrons. The summed E-state index contributed by atoms with van der Waals surface area (Å²) in [5.41, 5.74) is 2.83. The summed E-state index contributed by atoms with van der Waals surface area (Å²) in [5, 5.41) is 26.4. The average Bonchev–Trinajstić information content (AvgIpc) is 3.00. The van der Waals surface area contributed by atoms with Crippen molar-refractivity contribution in [3.8, 4) is 22.6 Å². The van der Waals surface area contributed by atoms with Crippen LogP contribution in [-0.4, -0.2) is 128 Å². The van der Waals surface area contributed by atoms with Crippen LogP contribution in [0.4, 0.5) is 0 Å². The molecule has 0 atom stereocenters. The molecule has 0 saturated heterocycles. The molecule has 41 heavy (non-hydrogen) atoms. The van der Waals surface area contributed by atoms with Gasteiger partial charge in [-0.15, -0.1) is 0 Å². The van der Waals surface area contributed by atoms with Crippen molar-refractivity contribution in [3.63, 3.8) is 0 Å². The molecule has 2 aromatic carbocycles. The van der Waals surface area contributed by atoms with Crippen LogP contribution in [0.15, 0.2) is 36.4 Å². The molecule has 0 aliphatic rings. The van der Waals surface area contributed by atoms with E-state index >= 15 is 0 Å². The zero-order valence-corrected chi connectivity index (χ0v) is 23.8. The van der Waals surface area contributed by atoms with Crippen molar-refractivity contribution in [2.75, 3.05) is 112 Å². The van der Waals surface area contributed by atoms with Crippen LogP contribution in [0.25, 0.3) is 11.1 Å². The lowest BCUT2D eigenvalue weighted by atomic mass is 9.97. The van der Waals surface area contributed by atoms with Crippen LogP contribution in [0, 0.1) is 6.07 Å². The molecule has 0 spiro atoms. The van der Waals surface area contributed by atoms with Crippen molar-refractivity contribution in [1.82, 2.24) is 0 Å². The number of hydrogen-bond donors (Lipinski definition) is 3. The average molecular weight is 582 g/mol. The fourth-order valence-electron chi connectivity index (χ4n) is 3.63. The molecule has 3 N–H and O–H groups in total. The molecule has 2 rings (SSSR count). The molecule has 0 bridgehead atoms. The lowest BCUT2D eigenvalue weighted by Crippen LogP contribution is -2.14. The molecule has 0 unspecified atom stereocenters. The lowest BCUT2D eigenvalue weighted by Gasteiger charge is -2.16. The number of benzene rings is 2. The van der Waals surface area contributed by atoms with Crippen molar-refractivity contribution < 1.29 is 53.2 Å². The second-order valence-electron chi connectivity index (χ2n) is 8.51. The summed E-state index contributed by atoms with van der Waals surface area (Å²) in [6.07, 6.45) is 0.590. The van der Waals surface area contributed by atoms with E-state index in [-0.39, 0.29) is 26.4 Å². The van der Waals surface area contributed by atoms with Crippen molar-refractivity contribution >= 4 is 0 Å². The predicted octanol–water partition coefficient (Wildman–Crippen LogP) is 1.53. The Morgan fingerprint density at radius 2 is 0.951 bits per heavy atom. The van der Waals surface area contributed by atoms with Gasteiger partial charge in [0.15, 0.2) is 0 Å². The fraction of sp³-hybridized carbons (Fsp3) is 0.600. The van der Waals surface area contributed by atoms with E-state index in [4.69, 9.17) is 53.2 Å². The van der Waals surface area contributed by atoms with Gasteiger partial charge in [0.1, 0.15) is 24.7 Å². The monoisotopic (exact) mass is 581 g/mol. The molecule has 11 nitrogen and oxygen atoms in total. The van der Waals surface area contributed by atoms with Crippen LogP contribution in [-0.2, 0) is 34.8 Å². The van der Waals surface area contributed by atoms with E-state index in [9.17, 15) is 0 Å². The number of hydrogen-bond acceptors (Lipinski definition) is 11. The van der Waals surface area contributed by atoms with Gasteiger partial charge in [-0.3, -0.25) is 0 Å². The van der Waals surface area contributed by atoms with E-state index in [1.54, 1.807) is 0 Å². The molecule has 2 aromatic rings. The first kappa shape index (κ1) is 34.9. The molecule has 0 fully saturated rings. The summed E-state index contributed by atoms with van der Waals surface area (Å²) in [6, 6.07) is 14.8. The second kappa shape index (κ2) is 24.3. The predicted molar refractivity (Wildman–Crippen MR) is 152 cm³/mol. The molecule has 0 amide bonds. The van der Waals surface area contributed by atoms with E-state index in [1.165, 1.54) is 0 Å². The van der Waals surface area contributed by atoms with Gasteiger partial charge < -0.3 is 53.2 Å². The maximum atomic E-state index is 9.05. The fourth-order valence-corrected chi connectivity index (χ4v) is 3.63. The third-order valence-corrected chi connectivity index (χ3v) is 5.51. The maximum absolute atomic E-state index is 9.05. The highest BCUT2D eigenvalue weighted by molar-refractivity contribution is 5.70. The smallest absolute Gasteiger partial charge is 0.123 e. The van der Waals surface area contributed by atoms with E-state index in [0.29, 0.717) is 92.3 Å². The van der Waals surface area contributed by atoms with Crippen LogP contribution < -0.4 is 9.47 Å². The van der Waals surface area contributed by atoms with Crippen molar-refractivity contribution in [3.05, 3.63) is 48.0 Å². The van der Waals surface area contributed by atoms with Crippen LogP contribution in [0.2, 0.25) is 0 Å². The van der Waals surface area contributed by atoms with Crippen LogP contribution in [0.5, 0.6) is 11.5 Å². The first-order valence-corrected chi connectivity index (χ1v) is 14.0. The third-order valence-electron chi connectivity index (χ3n) is 5.51. The maximum Gasteiger partial charge on any atom is 0.123 e. The highest BCUT2D eigenvalue weighted by Gasteiger charge is 2.13. The molecular formula is C30H45O11. The van der Waals surface area contributed by atoms with E-state index < -0.39 is 0 Å². The normalized spacial score (nSPS) is 11.2. The summed E-state index contributed by atoms with van der Waals surface area (Å²) < 4.78 is 44.1. The van der Waals surface area contributed by atoms with Gasteiger partial charge in [-0.1, -0.05) is 18.2 Å². The Labute approximate surface area is 242 Å². The van der Waals surface area contributed by atoms with Gasteiger partial charge in [-0.2, -0.15) is 0 Å². The highest BCUT2D eigenvalue weighted by Crippen LogP contribution is 2.32. The summed E-state index contributed by atoms with van der Waals surface area (Å²) in [6.45, 7) is 5.61. The zero-order valence-electron chi connectivity index (χ0n) is 23.8. The standard InChI is InChI=1S/C30H45O11/c31-9-13-34-12-8-29-28(26-4-6-27(7-5-26)40-24-22-38-19-17-36-15-11-33)2-1-3-30(29)41-25-23-39-21-20-37-18-16-35-14-10-32/h1,3-7,31-33H,8-25H2. The molecule has 1 radical (unpaired) electrons. The van der Waals surface area contributed by atoms with Gasteiger partial charge in [0, 0.05) is 12.0 Å². The SMILES string of the molecule is OCCOCCOCCOCCOc1cc[c]c(-c2ccc(OCCOCCOCCO)cc2)c1CCOCCO. The van der Waals surface area contributed by atoms with Crippen molar-refractivity contribution in [2.24, 2.45) is 0 Å². The minimum absolute atomic E-state index is 0.00391.